The van der Waals surface area contributed by atoms with Gasteiger partial charge in [0, 0.05) is 5.57 Å². The van der Waals surface area contributed by atoms with Crippen LogP contribution < -0.4 is 0 Å². The molecule has 1 unspecified atom stereocenters. The summed E-state index contributed by atoms with van der Waals surface area (Å²) < 4.78 is 5.12. The first-order valence-corrected chi connectivity index (χ1v) is 5.24. The van der Waals surface area contributed by atoms with Crippen molar-refractivity contribution in [3.05, 3.63) is 35.1 Å². The summed E-state index contributed by atoms with van der Waals surface area (Å²) >= 11 is 0. The van der Waals surface area contributed by atoms with Crippen LogP contribution in [-0.4, -0.2) is 17.2 Å². The second-order valence-electron chi connectivity index (χ2n) is 3.73. The van der Waals surface area contributed by atoms with E-state index >= 15 is 0 Å². The van der Waals surface area contributed by atoms with Crippen LogP contribution in [-0.2, 0) is 9.53 Å². The van der Waals surface area contributed by atoms with Crippen molar-refractivity contribution in [3.8, 4) is 0 Å². The van der Waals surface area contributed by atoms with Crippen molar-refractivity contribution in [2.24, 2.45) is 0 Å². The smallest absolute Gasteiger partial charge is 0.343 e. The number of allylic oxidation sites excluding steroid dienone is 2. The SMILES string of the molecule is CCC(O)/C=C1\OC(=O)C2=C1CCC=C2. The van der Waals surface area contributed by atoms with Crippen molar-refractivity contribution >= 4 is 5.97 Å². The number of aliphatic hydroxyl groups is 1. The van der Waals surface area contributed by atoms with Crippen LogP contribution in [0.2, 0.25) is 0 Å². The summed E-state index contributed by atoms with van der Waals surface area (Å²) in [5, 5.41) is 9.49. The van der Waals surface area contributed by atoms with E-state index in [0.717, 1.165) is 18.4 Å². The minimum Gasteiger partial charge on any atom is -0.423 e. The summed E-state index contributed by atoms with van der Waals surface area (Å²) in [5.41, 5.74) is 1.59. The first kappa shape index (κ1) is 10.2. The van der Waals surface area contributed by atoms with Gasteiger partial charge in [-0.05, 0) is 25.3 Å². The maximum atomic E-state index is 11.4. The first-order valence-electron chi connectivity index (χ1n) is 5.24. The highest BCUT2D eigenvalue weighted by molar-refractivity contribution is 5.97. The number of hydrogen-bond donors (Lipinski definition) is 1. The molecular weight excluding hydrogens is 192 g/mol. The van der Waals surface area contributed by atoms with Crippen LogP contribution in [0, 0.1) is 0 Å². The lowest BCUT2D eigenvalue weighted by Gasteiger charge is -2.07. The van der Waals surface area contributed by atoms with Gasteiger partial charge in [-0.2, -0.15) is 0 Å². The molecule has 1 N–H and O–H groups in total. The Morgan fingerprint density at radius 2 is 2.47 bits per heavy atom. The van der Waals surface area contributed by atoms with E-state index < -0.39 is 6.10 Å². The molecule has 0 aromatic carbocycles. The summed E-state index contributed by atoms with van der Waals surface area (Å²) in [4.78, 5) is 11.4. The number of rotatable bonds is 2. The van der Waals surface area contributed by atoms with Crippen LogP contribution in [0.4, 0.5) is 0 Å². The molecular formula is C12H14O3. The average Bonchev–Trinajstić information content (AvgIpc) is 2.57. The lowest BCUT2D eigenvalue weighted by molar-refractivity contribution is -0.132. The average molecular weight is 206 g/mol. The summed E-state index contributed by atoms with van der Waals surface area (Å²) in [5.74, 6) is 0.254. The van der Waals surface area contributed by atoms with Crippen molar-refractivity contribution in [3.63, 3.8) is 0 Å². The molecule has 0 aromatic heterocycles. The Hall–Kier alpha value is -1.35. The molecule has 0 aromatic rings. The standard InChI is InChI=1S/C12H14O3/c1-2-8(13)7-11-9-5-3-4-6-10(9)12(14)15-11/h4,6-8,13H,2-3,5H2,1H3/b11-7-. The maximum absolute atomic E-state index is 11.4. The first-order chi connectivity index (χ1) is 7.22. The van der Waals surface area contributed by atoms with Crippen molar-refractivity contribution in [1.29, 1.82) is 0 Å². The number of cyclic esters (lactones) is 1. The summed E-state index contributed by atoms with van der Waals surface area (Å²) in [6.07, 6.45) is 7.23. The Morgan fingerprint density at radius 3 is 3.20 bits per heavy atom. The summed E-state index contributed by atoms with van der Waals surface area (Å²) in [7, 11) is 0. The fourth-order valence-corrected chi connectivity index (χ4v) is 1.75. The van der Waals surface area contributed by atoms with Crippen molar-refractivity contribution in [1.82, 2.24) is 0 Å². The summed E-state index contributed by atoms with van der Waals surface area (Å²) in [6, 6.07) is 0. The molecule has 0 spiro atoms. The lowest BCUT2D eigenvalue weighted by Crippen LogP contribution is -2.02. The molecule has 1 atom stereocenters. The molecule has 0 saturated carbocycles. The number of carbonyl (C=O) groups excluding carboxylic acids is 1. The molecule has 2 aliphatic rings. The number of carbonyl (C=O) groups is 1. The molecule has 1 aliphatic carbocycles. The van der Waals surface area contributed by atoms with Gasteiger partial charge in [-0.15, -0.1) is 0 Å². The Balaban J connectivity index is 2.30. The molecule has 80 valence electrons. The van der Waals surface area contributed by atoms with Crippen LogP contribution in [0.3, 0.4) is 0 Å². The van der Waals surface area contributed by atoms with Gasteiger partial charge in [0.1, 0.15) is 5.76 Å². The molecule has 15 heavy (non-hydrogen) atoms. The molecule has 1 heterocycles. The van der Waals surface area contributed by atoms with Gasteiger partial charge in [-0.25, -0.2) is 4.79 Å². The fourth-order valence-electron chi connectivity index (χ4n) is 1.75. The van der Waals surface area contributed by atoms with E-state index in [1.165, 1.54) is 0 Å². The third-order valence-electron chi connectivity index (χ3n) is 2.65. The lowest BCUT2D eigenvalue weighted by atomic mass is 9.97. The van der Waals surface area contributed by atoms with E-state index in [-0.39, 0.29) is 5.97 Å². The molecule has 0 bridgehead atoms. The van der Waals surface area contributed by atoms with Gasteiger partial charge < -0.3 is 9.84 Å². The Kier molecular flexibility index (Phi) is 2.73. The van der Waals surface area contributed by atoms with Gasteiger partial charge in [-0.1, -0.05) is 19.1 Å². The normalized spacial score (nSPS) is 24.4. The number of esters is 1. The second-order valence-corrected chi connectivity index (χ2v) is 3.73. The predicted octanol–water partition coefficient (Wildman–Crippen LogP) is 1.84. The van der Waals surface area contributed by atoms with E-state index in [2.05, 4.69) is 0 Å². The fraction of sp³-hybridized carbons (Fsp3) is 0.417. The maximum Gasteiger partial charge on any atom is 0.343 e. The van der Waals surface area contributed by atoms with Gasteiger partial charge in [0.05, 0.1) is 11.7 Å². The zero-order valence-corrected chi connectivity index (χ0v) is 8.69. The highest BCUT2D eigenvalue weighted by Crippen LogP contribution is 2.33. The van der Waals surface area contributed by atoms with Gasteiger partial charge in [0.15, 0.2) is 0 Å². The molecule has 1 aliphatic heterocycles. The Labute approximate surface area is 88.7 Å². The largest absolute Gasteiger partial charge is 0.423 e. The van der Waals surface area contributed by atoms with E-state index in [1.807, 2.05) is 13.0 Å². The Bertz CT molecular complexity index is 374. The zero-order chi connectivity index (χ0) is 10.8. The second kappa shape index (κ2) is 4.03. The highest BCUT2D eigenvalue weighted by Gasteiger charge is 2.29. The minimum absolute atomic E-state index is 0.296. The number of hydrogen-bond acceptors (Lipinski definition) is 3. The third-order valence-corrected chi connectivity index (χ3v) is 2.65. The summed E-state index contributed by atoms with van der Waals surface area (Å²) in [6.45, 7) is 1.88. The highest BCUT2D eigenvalue weighted by atomic mass is 16.5. The van der Waals surface area contributed by atoms with E-state index in [1.54, 1.807) is 12.2 Å². The topological polar surface area (TPSA) is 46.5 Å². The third kappa shape index (κ3) is 1.88. The van der Waals surface area contributed by atoms with Gasteiger partial charge in [-0.3, -0.25) is 0 Å². The van der Waals surface area contributed by atoms with E-state index in [9.17, 15) is 9.90 Å². The van der Waals surface area contributed by atoms with Crippen LogP contribution >= 0.6 is 0 Å². The van der Waals surface area contributed by atoms with E-state index in [0.29, 0.717) is 17.8 Å². The van der Waals surface area contributed by atoms with Gasteiger partial charge in [0.25, 0.3) is 0 Å². The number of aliphatic hydroxyl groups excluding tert-OH is 1. The van der Waals surface area contributed by atoms with Crippen molar-refractivity contribution < 1.29 is 14.6 Å². The zero-order valence-electron chi connectivity index (χ0n) is 8.69. The van der Waals surface area contributed by atoms with Crippen LogP contribution in [0.1, 0.15) is 26.2 Å². The molecule has 0 radical (unpaired) electrons. The molecule has 0 amide bonds. The van der Waals surface area contributed by atoms with Crippen LogP contribution in [0.15, 0.2) is 35.1 Å². The van der Waals surface area contributed by atoms with Crippen molar-refractivity contribution in [2.45, 2.75) is 32.3 Å². The number of ether oxygens (including phenoxy) is 1. The van der Waals surface area contributed by atoms with Gasteiger partial charge in [0.2, 0.25) is 0 Å². The Morgan fingerprint density at radius 1 is 1.67 bits per heavy atom. The molecule has 0 saturated heterocycles. The quantitative estimate of drug-likeness (QED) is 0.701. The van der Waals surface area contributed by atoms with Crippen LogP contribution in [0.25, 0.3) is 0 Å². The minimum atomic E-state index is -0.537. The molecule has 3 nitrogen and oxygen atoms in total. The monoisotopic (exact) mass is 206 g/mol. The van der Waals surface area contributed by atoms with Crippen molar-refractivity contribution in [2.75, 3.05) is 0 Å². The molecule has 0 fully saturated rings. The van der Waals surface area contributed by atoms with Gasteiger partial charge >= 0.3 is 5.97 Å². The predicted molar refractivity (Wildman–Crippen MR) is 55.9 cm³/mol. The van der Waals surface area contributed by atoms with Crippen LogP contribution in [0.5, 0.6) is 0 Å². The van der Waals surface area contributed by atoms with E-state index in [4.69, 9.17) is 4.74 Å². The molecule has 2 rings (SSSR count). The molecule has 3 heteroatoms.